The van der Waals surface area contributed by atoms with Gasteiger partial charge in [0.05, 0.1) is 11.3 Å². The normalized spacial score (nSPS) is 15.3. The molecule has 0 aromatic heterocycles. The van der Waals surface area contributed by atoms with Crippen LogP contribution in [-0.4, -0.2) is 40.8 Å². The number of imide groups is 1. The molecule has 1 heterocycles. The number of amides is 3. The molecule has 25 heavy (non-hydrogen) atoms. The summed E-state index contributed by atoms with van der Waals surface area (Å²) in [6, 6.07) is 2.79. The third-order valence-electron chi connectivity index (χ3n) is 3.21. The number of rotatable bonds is 5. The molecule has 0 bridgehead atoms. The molecule has 1 aliphatic rings. The van der Waals surface area contributed by atoms with Crippen molar-refractivity contribution in [3.05, 3.63) is 40.4 Å². The molecule has 0 atom stereocenters. The molecule has 0 saturated carbocycles. The summed E-state index contributed by atoms with van der Waals surface area (Å²) in [6.45, 7) is 0.0755. The van der Waals surface area contributed by atoms with E-state index in [0.29, 0.717) is 0 Å². The number of alkyl halides is 3. The zero-order chi connectivity index (χ0) is 18.6. The van der Waals surface area contributed by atoms with E-state index in [0.717, 1.165) is 47.0 Å². The van der Waals surface area contributed by atoms with Crippen molar-refractivity contribution in [2.75, 3.05) is 18.8 Å². The lowest BCUT2D eigenvalue weighted by Gasteiger charge is -2.12. The van der Waals surface area contributed by atoms with Crippen molar-refractivity contribution in [3.8, 4) is 0 Å². The predicted octanol–water partition coefficient (Wildman–Crippen LogP) is 3.18. The topological polar surface area (TPSA) is 66.5 Å². The number of nitrogens with zero attached hydrogens (tertiary/aromatic N) is 1. The van der Waals surface area contributed by atoms with E-state index < -0.39 is 17.6 Å². The first-order chi connectivity index (χ1) is 11.7. The first-order valence-electron chi connectivity index (χ1n) is 6.98. The highest BCUT2D eigenvalue weighted by molar-refractivity contribution is 8.14. The molecule has 0 aliphatic carbocycles. The third-order valence-corrected chi connectivity index (χ3v) is 4.42. The molecule has 1 fully saturated rings. The molecule has 10 heteroatoms. The minimum absolute atomic E-state index is 0.0363. The maximum Gasteiger partial charge on any atom is 0.416 e. The molecule has 5 nitrogen and oxygen atoms in total. The Morgan fingerprint density at radius 3 is 2.68 bits per heavy atom. The van der Waals surface area contributed by atoms with Crippen LogP contribution < -0.4 is 5.32 Å². The van der Waals surface area contributed by atoms with Crippen LogP contribution in [0.4, 0.5) is 18.0 Å². The number of thioether (sulfide) groups is 1. The summed E-state index contributed by atoms with van der Waals surface area (Å²) in [5, 5.41) is 2.14. The molecule has 1 aromatic carbocycles. The van der Waals surface area contributed by atoms with E-state index in [1.54, 1.807) is 0 Å². The van der Waals surface area contributed by atoms with Gasteiger partial charge in [0.25, 0.3) is 5.24 Å². The highest BCUT2D eigenvalue weighted by atomic mass is 35.5. The van der Waals surface area contributed by atoms with Gasteiger partial charge in [-0.1, -0.05) is 23.4 Å². The Labute approximate surface area is 150 Å². The molecule has 2 rings (SSSR count). The number of carbonyl (C=O) groups is 3. The van der Waals surface area contributed by atoms with Gasteiger partial charge in [-0.05, 0) is 29.8 Å². The Bertz CT molecular complexity index is 721. The number of hydrogen-bond acceptors (Lipinski definition) is 4. The summed E-state index contributed by atoms with van der Waals surface area (Å²) in [6.07, 6.45) is -2.32. The standard InChI is InChI=1S/C15H12ClF3N2O3S/c16-11-3-2-10(15(17,18)19)7-9(11)1-4-12(22)20-5-6-21-13(23)8-25-14(21)24/h1-4,7H,5-6,8H2,(H,20,22)/b4-1+. The average molecular weight is 393 g/mol. The van der Waals surface area contributed by atoms with Crippen LogP contribution in [0.5, 0.6) is 0 Å². The Kier molecular flexibility index (Phi) is 6.12. The molecule has 1 aliphatic heterocycles. The second-order valence-electron chi connectivity index (χ2n) is 4.96. The number of halogens is 4. The molecule has 0 unspecified atom stereocenters. The molecule has 1 N–H and O–H groups in total. The highest BCUT2D eigenvalue weighted by Crippen LogP contribution is 2.32. The van der Waals surface area contributed by atoms with Crippen molar-refractivity contribution in [2.24, 2.45) is 0 Å². The van der Waals surface area contributed by atoms with Crippen LogP contribution in [0.1, 0.15) is 11.1 Å². The average Bonchev–Trinajstić information content (AvgIpc) is 2.85. The van der Waals surface area contributed by atoms with Gasteiger partial charge in [0, 0.05) is 24.2 Å². The van der Waals surface area contributed by atoms with E-state index in [1.165, 1.54) is 0 Å². The predicted molar refractivity (Wildman–Crippen MR) is 88.1 cm³/mol. The third kappa shape index (κ3) is 5.23. The molecule has 0 spiro atoms. The van der Waals surface area contributed by atoms with E-state index in [9.17, 15) is 27.6 Å². The summed E-state index contributed by atoms with van der Waals surface area (Å²) in [7, 11) is 0. The van der Waals surface area contributed by atoms with Crippen LogP contribution in [0.3, 0.4) is 0 Å². The van der Waals surface area contributed by atoms with Crippen molar-refractivity contribution in [1.82, 2.24) is 10.2 Å². The fourth-order valence-corrected chi connectivity index (χ4v) is 2.89. The van der Waals surface area contributed by atoms with Crippen molar-refractivity contribution < 1.29 is 27.6 Å². The fraction of sp³-hybridized carbons (Fsp3) is 0.267. The van der Waals surface area contributed by atoms with Gasteiger partial charge in [-0.15, -0.1) is 0 Å². The lowest BCUT2D eigenvalue weighted by molar-refractivity contribution is -0.137. The van der Waals surface area contributed by atoms with E-state index in [-0.39, 0.29) is 40.6 Å². The smallest absolute Gasteiger partial charge is 0.351 e. The van der Waals surface area contributed by atoms with Crippen LogP contribution >= 0.6 is 23.4 Å². The van der Waals surface area contributed by atoms with E-state index >= 15 is 0 Å². The van der Waals surface area contributed by atoms with Gasteiger partial charge in [-0.2, -0.15) is 13.2 Å². The largest absolute Gasteiger partial charge is 0.416 e. The van der Waals surface area contributed by atoms with Gasteiger partial charge in [-0.3, -0.25) is 19.3 Å². The Hall–Kier alpha value is -2.00. The summed E-state index contributed by atoms with van der Waals surface area (Å²) in [4.78, 5) is 35.4. The van der Waals surface area contributed by atoms with Crippen LogP contribution in [-0.2, 0) is 15.8 Å². The van der Waals surface area contributed by atoms with Gasteiger partial charge in [-0.25, -0.2) is 0 Å². The van der Waals surface area contributed by atoms with Gasteiger partial charge in [0.15, 0.2) is 0 Å². The number of carbonyl (C=O) groups excluding carboxylic acids is 3. The van der Waals surface area contributed by atoms with Crippen molar-refractivity contribution in [2.45, 2.75) is 6.18 Å². The molecular formula is C15H12ClF3N2O3S. The molecule has 0 radical (unpaired) electrons. The SMILES string of the molecule is O=C(/C=C/c1cc(C(F)(F)F)ccc1Cl)NCCN1C(=O)CSC1=O. The van der Waals surface area contributed by atoms with Crippen LogP contribution in [0.25, 0.3) is 6.08 Å². The van der Waals surface area contributed by atoms with Crippen LogP contribution in [0, 0.1) is 0 Å². The Balaban J connectivity index is 1.92. The molecule has 1 saturated heterocycles. The Morgan fingerprint density at radius 1 is 1.36 bits per heavy atom. The second kappa shape index (κ2) is 7.92. The Morgan fingerprint density at radius 2 is 2.08 bits per heavy atom. The zero-order valence-corrected chi connectivity index (χ0v) is 14.2. The monoisotopic (exact) mass is 392 g/mol. The molecule has 1 aromatic rings. The fourth-order valence-electron chi connectivity index (χ4n) is 1.96. The molecular weight excluding hydrogens is 381 g/mol. The number of nitrogens with one attached hydrogen (secondary N) is 1. The minimum atomic E-state index is -4.51. The second-order valence-corrected chi connectivity index (χ2v) is 6.29. The van der Waals surface area contributed by atoms with Gasteiger partial charge < -0.3 is 5.32 Å². The summed E-state index contributed by atoms with van der Waals surface area (Å²) in [5.41, 5.74) is -0.826. The summed E-state index contributed by atoms with van der Waals surface area (Å²) in [5.74, 6) is -0.823. The van der Waals surface area contributed by atoms with Crippen molar-refractivity contribution in [1.29, 1.82) is 0 Å². The minimum Gasteiger partial charge on any atom is -0.351 e. The lowest BCUT2D eigenvalue weighted by Crippen LogP contribution is -2.37. The van der Waals surface area contributed by atoms with Gasteiger partial charge >= 0.3 is 6.18 Å². The van der Waals surface area contributed by atoms with Crippen LogP contribution in [0.2, 0.25) is 5.02 Å². The van der Waals surface area contributed by atoms with Crippen LogP contribution in [0.15, 0.2) is 24.3 Å². The lowest BCUT2D eigenvalue weighted by atomic mass is 10.1. The molecule has 134 valence electrons. The first-order valence-corrected chi connectivity index (χ1v) is 8.34. The quantitative estimate of drug-likeness (QED) is 0.781. The number of hydrogen-bond donors (Lipinski definition) is 1. The highest BCUT2D eigenvalue weighted by Gasteiger charge is 2.31. The van der Waals surface area contributed by atoms with Crippen molar-refractivity contribution in [3.63, 3.8) is 0 Å². The van der Waals surface area contributed by atoms with E-state index in [1.807, 2.05) is 0 Å². The maximum atomic E-state index is 12.7. The molecule has 3 amide bonds. The van der Waals surface area contributed by atoms with Gasteiger partial charge in [0.2, 0.25) is 11.8 Å². The van der Waals surface area contributed by atoms with Gasteiger partial charge in [0.1, 0.15) is 0 Å². The zero-order valence-electron chi connectivity index (χ0n) is 12.6. The van der Waals surface area contributed by atoms with Crippen molar-refractivity contribution >= 4 is 46.5 Å². The van der Waals surface area contributed by atoms with E-state index in [4.69, 9.17) is 11.6 Å². The summed E-state index contributed by atoms with van der Waals surface area (Å²) < 4.78 is 38.0. The first kappa shape index (κ1) is 19.3. The number of benzene rings is 1. The summed E-state index contributed by atoms with van der Waals surface area (Å²) >= 11 is 6.71. The maximum absolute atomic E-state index is 12.7. The van der Waals surface area contributed by atoms with E-state index in [2.05, 4.69) is 5.32 Å².